The van der Waals surface area contributed by atoms with E-state index in [1.54, 1.807) is 0 Å². The molecule has 142 valence electrons. The van der Waals surface area contributed by atoms with E-state index in [2.05, 4.69) is 21.6 Å². The van der Waals surface area contributed by atoms with Crippen LogP contribution >= 0.6 is 0 Å². The molecule has 1 aromatic heterocycles. The molecule has 7 nitrogen and oxygen atoms in total. The van der Waals surface area contributed by atoms with Crippen molar-refractivity contribution in [2.75, 3.05) is 18.0 Å². The van der Waals surface area contributed by atoms with Crippen LogP contribution in [0.15, 0.2) is 6.07 Å². The first-order valence-electron chi connectivity index (χ1n) is 9.89. The van der Waals surface area contributed by atoms with Gasteiger partial charge in [0.25, 0.3) is 5.91 Å². The van der Waals surface area contributed by atoms with Crippen molar-refractivity contribution in [3.05, 3.63) is 22.9 Å². The molecule has 7 heteroatoms. The molecule has 1 aliphatic carbocycles. The molecule has 2 saturated heterocycles. The van der Waals surface area contributed by atoms with Gasteiger partial charge in [0, 0.05) is 18.8 Å². The van der Waals surface area contributed by atoms with Crippen LogP contribution in [0.2, 0.25) is 0 Å². The molecular weight excluding hydrogens is 342 g/mol. The summed E-state index contributed by atoms with van der Waals surface area (Å²) >= 11 is 0. The van der Waals surface area contributed by atoms with E-state index < -0.39 is 11.6 Å². The number of anilines is 1. The lowest BCUT2D eigenvalue weighted by Crippen LogP contribution is -2.55. The van der Waals surface area contributed by atoms with Crippen molar-refractivity contribution in [3.8, 4) is 6.07 Å². The average Bonchev–Trinajstić information content (AvgIpc) is 3.01. The Morgan fingerprint density at radius 3 is 2.67 bits per heavy atom. The number of aromatic nitrogens is 1. The minimum absolute atomic E-state index is 0.0911. The van der Waals surface area contributed by atoms with Gasteiger partial charge in [-0.15, -0.1) is 0 Å². The average molecular weight is 367 g/mol. The maximum atomic E-state index is 12.4. The zero-order valence-corrected chi connectivity index (χ0v) is 15.7. The number of imide groups is 1. The maximum Gasteiger partial charge on any atom is 0.322 e. The number of nitrogens with zero attached hydrogens (tertiary/aromatic N) is 3. The number of nitriles is 1. The maximum absolute atomic E-state index is 12.4. The minimum atomic E-state index is -0.801. The predicted octanol–water partition coefficient (Wildman–Crippen LogP) is 2.04. The van der Waals surface area contributed by atoms with Gasteiger partial charge in [0.1, 0.15) is 17.4 Å². The molecule has 2 N–H and O–H groups in total. The van der Waals surface area contributed by atoms with Crippen molar-refractivity contribution in [3.63, 3.8) is 0 Å². The summed E-state index contributed by atoms with van der Waals surface area (Å²) in [5.74, 6) is 0.661. The van der Waals surface area contributed by atoms with Crippen LogP contribution in [0, 0.1) is 17.2 Å². The summed E-state index contributed by atoms with van der Waals surface area (Å²) in [5.41, 5.74) is 2.19. The summed E-state index contributed by atoms with van der Waals surface area (Å²) in [7, 11) is 0. The summed E-state index contributed by atoms with van der Waals surface area (Å²) in [6.45, 7) is 3.41. The monoisotopic (exact) mass is 367 g/mol. The number of nitrogens with one attached hydrogen (secondary N) is 2. The fourth-order valence-electron chi connectivity index (χ4n) is 4.86. The Morgan fingerprint density at radius 2 is 2.04 bits per heavy atom. The van der Waals surface area contributed by atoms with Crippen molar-refractivity contribution >= 4 is 17.8 Å². The highest BCUT2D eigenvalue weighted by Crippen LogP contribution is 2.35. The quantitative estimate of drug-likeness (QED) is 0.797. The zero-order valence-electron chi connectivity index (χ0n) is 15.7. The van der Waals surface area contributed by atoms with Crippen molar-refractivity contribution in [2.24, 2.45) is 5.92 Å². The van der Waals surface area contributed by atoms with Gasteiger partial charge in [-0.3, -0.25) is 10.1 Å². The molecule has 3 heterocycles. The second kappa shape index (κ2) is 6.84. The van der Waals surface area contributed by atoms with Crippen LogP contribution in [0.25, 0.3) is 0 Å². The largest absolute Gasteiger partial charge is 0.355 e. The fourth-order valence-corrected chi connectivity index (χ4v) is 4.86. The van der Waals surface area contributed by atoms with Gasteiger partial charge in [-0.05, 0) is 62.5 Å². The first-order chi connectivity index (χ1) is 13.1. The van der Waals surface area contributed by atoms with Gasteiger partial charge in [0.05, 0.1) is 5.56 Å². The third kappa shape index (κ3) is 2.93. The van der Waals surface area contributed by atoms with Gasteiger partial charge >= 0.3 is 6.03 Å². The van der Waals surface area contributed by atoms with Gasteiger partial charge in [-0.1, -0.05) is 6.92 Å². The topological polar surface area (TPSA) is 98.1 Å². The molecule has 0 radical (unpaired) electrons. The molecular formula is C20H25N5O2. The first kappa shape index (κ1) is 17.8. The smallest absolute Gasteiger partial charge is 0.322 e. The molecule has 0 saturated carbocycles. The molecule has 0 aromatic carbocycles. The van der Waals surface area contributed by atoms with Crippen LogP contribution in [0.4, 0.5) is 10.6 Å². The number of carbonyl (C=O) groups is 2. The van der Waals surface area contributed by atoms with E-state index in [-0.39, 0.29) is 11.8 Å². The van der Waals surface area contributed by atoms with Crippen LogP contribution in [0.1, 0.15) is 55.8 Å². The number of amides is 3. The van der Waals surface area contributed by atoms with Gasteiger partial charge < -0.3 is 10.2 Å². The molecule has 0 unspecified atom stereocenters. The van der Waals surface area contributed by atoms with E-state index >= 15 is 0 Å². The summed E-state index contributed by atoms with van der Waals surface area (Å²) in [6, 6.07) is 3.93. The molecule has 1 aromatic rings. The lowest BCUT2D eigenvalue weighted by Gasteiger charge is -2.41. The second-order valence-electron chi connectivity index (χ2n) is 7.78. The molecule has 3 amide bonds. The molecule has 1 atom stereocenters. The van der Waals surface area contributed by atoms with Crippen molar-refractivity contribution in [1.29, 1.82) is 5.26 Å². The first-order valence-corrected chi connectivity index (χ1v) is 9.89. The highest BCUT2D eigenvalue weighted by atomic mass is 16.2. The molecule has 27 heavy (non-hydrogen) atoms. The van der Waals surface area contributed by atoms with Crippen molar-refractivity contribution < 1.29 is 9.59 Å². The van der Waals surface area contributed by atoms with Gasteiger partial charge in [-0.25, -0.2) is 9.78 Å². The standard InChI is InChI=1S/C20H25N5O2/c1-2-20(18(26)23-19(27)24-20)15-7-9-25(10-8-15)17-14(12-21)11-13-5-3-4-6-16(13)22-17/h11,15H,2-10H2,1H3,(H2,23,24,26,27)/t20-/m1/s1. The fraction of sp³-hybridized carbons (Fsp3) is 0.600. The van der Waals surface area contributed by atoms with Crippen LogP contribution in [0.3, 0.4) is 0 Å². The van der Waals surface area contributed by atoms with Crippen LogP contribution in [-0.4, -0.2) is 35.6 Å². The van der Waals surface area contributed by atoms with E-state index in [4.69, 9.17) is 4.98 Å². The number of piperidine rings is 1. The summed E-state index contributed by atoms with van der Waals surface area (Å²) in [4.78, 5) is 31.1. The number of aryl methyl sites for hydroxylation is 2. The summed E-state index contributed by atoms with van der Waals surface area (Å²) in [5, 5.41) is 14.9. The van der Waals surface area contributed by atoms with E-state index in [1.165, 1.54) is 5.56 Å². The van der Waals surface area contributed by atoms with E-state index in [1.807, 2.05) is 13.0 Å². The molecule has 4 rings (SSSR count). The molecule has 0 spiro atoms. The summed E-state index contributed by atoms with van der Waals surface area (Å²) < 4.78 is 0. The number of urea groups is 1. The highest BCUT2D eigenvalue weighted by Gasteiger charge is 2.51. The Kier molecular flexibility index (Phi) is 4.50. The third-order valence-electron chi connectivity index (χ3n) is 6.42. The number of carbonyl (C=O) groups excluding carboxylic acids is 2. The van der Waals surface area contributed by atoms with Gasteiger partial charge in [0.15, 0.2) is 0 Å². The van der Waals surface area contributed by atoms with E-state index in [0.29, 0.717) is 12.0 Å². The zero-order chi connectivity index (χ0) is 19.0. The molecule has 3 aliphatic rings. The normalized spacial score (nSPS) is 25.6. The number of hydrogen-bond donors (Lipinski definition) is 2. The summed E-state index contributed by atoms with van der Waals surface area (Å²) in [6.07, 6.45) is 6.45. The number of pyridine rings is 1. The Labute approximate surface area is 159 Å². The Hall–Kier alpha value is -2.62. The highest BCUT2D eigenvalue weighted by molar-refractivity contribution is 6.07. The second-order valence-corrected chi connectivity index (χ2v) is 7.78. The third-order valence-corrected chi connectivity index (χ3v) is 6.42. The number of hydrogen-bond acceptors (Lipinski definition) is 5. The van der Waals surface area contributed by atoms with Gasteiger partial charge in [0.2, 0.25) is 0 Å². The van der Waals surface area contributed by atoms with E-state index in [9.17, 15) is 14.9 Å². The van der Waals surface area contributed by atoms with Crippen molar-refractivity contribution in [2.45, 2.75) is 57.4 Å². The van der Waals surface area contributed by atoms with Gasteiger partial charge in [-0.2, -0.15) is 5.26 Å². The lowest BCUT2D eigenvalue weighted by molar-refractivity contribution is -0.126. The van der Waals surface area contributed by atoms with Crippen LogP contribution < -0.4 is 15.5 Å². The SMILES string of the molecule is CC[C@]1(C2CCN(c3nc4c(cc3C#N)CCCC4)CC2)NC(=O)NC1=O. The predicted molar refractivity (Wildman–Crippen MR) is 100 cm³/mol. The lowest BCUT2D eigenvalue weighted by atomic mass is 9.76. The number of rotatable bonds is 3. The van der Waals surface area contributed by atoms with Crippen LogP contribution in [0.5, 0.6) is 0 Å². The molecule has 2 aliphatic heterocycles. The number of fused-ring (bicyclic) bond motifs is 1. The Morgan fingerprint density at radius 1 is 1.30 bits per heavy atom. The van der Waals surface area contributed by atoms with Crippen molar-refractivity contribution in [1.82, 2.24) is 15.6 Å². The van der Waals surface area contributed by atoms with Crippen LogP contribution in [-0.2, 0) is 17.6 Å². The molecule has 2 fully saturated rings. The Balaban J connectivity index is 1.54. The minimum Gasteiger partial charge on any atom is -0.355 e. The Bertz CT molecular complexity index is 822. The molecule has 0 bridgehead atoms. The van der Waals surface area contributed by atoms with E-state index in [0.717, 1.165) is 63.1 Å².